The highest BCUT2D eigenvalue weighted by molar-refractivity contribution is 6.06. The minimum absolute atomic E-state index is 0.145. The number of rotatable bonds is 4. The molecule has 7 heteroatoms. The van der Waals surface area contributed by atoms with Gasteiger partial charge in [-0.05, 0) is 19.8 Å². The molecule has 1 aliphatic rings. The van der Waals surface area contributed by atoms with Crippen molar-refractivity contribution in [3.63, 3.8) is 0 Å². The standard InChI is InChI=1S/C15H21N5O2/c1-3-20-14-11(9-18-20)13(12(8-17-14)15(21)16-2)19-10-4-6-22-7-5-10/h8-10H,3-7H2,1-2H3,(H,16,21)(H,17,19). The molecule has 1 fully saturated rings. The summed E-state index contributed by atoms with van der Waals surface area (Å²) in [7, 11) is 1.63. The first kappa shape index (κ1) is 14.8. The first-order valence-electron chi connectivity index (χ1n) is 7.65. The Morgan fingerprint density at radius 1 is 1.41 bits per heavy atom. The molecule has 3 heterocycles. The smallest absolute Gasteiger partial charge is 0.254 e. The zero-order chi connectivity index (χ0) is 15.5. The maximum atomic E-state index is 12.2. The van der Waals surface area contributed by atoms with E-state index < -0.39 is 0 Å². The Labute approximate surface area is 129 Å². The summed E-state index contributed by atoms with van der Waals surface area (Å²) in [6.45, 7) is 4.25. The Bertz CT molecular complexity index is 676. The number of nitrogens with zero attached hydrogens (tertiary/aromatic N) is 3. The third kappa shape index (κ3) is 2.64. The van der Waals surface area contributed by atoms with E-state index >= 15 is 0 Å². The highest BCUT2D eigenvalue weighted by atomic mass is 16.5. The second-order valence-electron chi connectivity index (χ2n) is 5.35. The van der Waals surface area contributed by atoms with Crippen LogP contribution in [0.4, 0.5) is 5.69 Å². The van der Waals surface area contributed by atoms with Crippen molar-refractivity contribution in [3.05, 3.63) is 18.0 Å². The molecule has 0 unspecified atom stereocenters. The fourth-order valence-electron chi connectivity index (χ4n) is 2.77. The second-order valence-corrected chi connectivity index (χ2v) is 5.35. The van der Waals surface area contributed by atoms with Crippen molar-refractivity contribution >= 4 is 22.6 Å². The number of nitrogens with one attached hydrogen (secondary N) is 2. The van der Waals surface area contributed by atoms with Gasteiger partial charge >= 0.3 is 0 Å². The van der Waals surface area contributed by atoms with E-state index in [1.165, 1.54) is 0 Å². The summed E-state index contributed by atoms with van der Waals surface area (Å²) in [5, 5.41) is 11.4. The highest BCUT2D eigenvalue weighted by Gasteiger charge is 2.21. The van der Waals surface area contributed by atoms with Crippen LogP contribution in [-0.2, 0) is 11.3 Å². The van der Waals surface area contributed by atoms with Gasteiger partial charge in [-0.15, -0.1) is 0 Å². The van der Waals surface area contributed by atoms with Gasteiger partial charge in [0.05, 0.1) is 22.8 Å². The van der Waals surface area contributed by atoms with E-state index in [-0.39, 0.29) is 5.91 Å². The van der Waals surface area contributed by atoms with Crippen molar-refractivity contribution in [2.24, 2.45) is 0 Å². The van der Waals surface area contributed by atoms with Crippen LogP contribution >= 0.6 is 0 Å². The minimum atomic E-state index is -0.145. The monoisotopic (exact) mass is 303 g/mol. The third-order valence-electron chi connectivity index (χ3n) is 4.01. The molecule has 0 aromatic carbocycles. The van der Waals surface area contributed by atoms with Crippen LogP contribution in [0, 0.1) is 0 Å². The molecule has 2 N–H and O–H groups in total. The fourth-order valence-corrected chi connectivity index (χ4v) is 2.77. The lowest BCUT2D eigenvalue weighted by Gasteiger charge is -2.25. The van der Waals surface area contributed by atoms with Crippen molar-refractivity contribution in [1.82, 2.24) is 20.1 Å². The van der Waals surface area contributed by atoms with E-state index in [1.807, 2.05) is 11.6 Å². The number of hydrogen-bond donors (Lipinski definition) is 2. The van der Waals surface area contributed by atoms with Gasteiger partial charge in [-0.2, -0.15) is 5.10 Å². The first-order valence-corrected chi connectivity index (χ1v) is 7.65. The Morgan fingerprint density at radius 2 is 2.18 bits per heavy atom. The lowest BCUT2D eigenvalue weighted by atomic mass is 10.1. The van der Waals surface area contributed by atoms with Crippen molar-refractivity contribution in [2.75, 3.05) is 25.6 Å². The normalized spacial score (nSPS) is 15.9. The van der Waals surface area contributed by atoms with Gasteiger partial charge in [0.25, 0.3) is 5.91 Å². The number of amides is 1. The number of ether oxygens (including phenoxy) is 1. The molecule has 0 spiro atoms. The molecule has 1 saturated heterocycles. The maximum absolute atomic E-state index is 12.2. The number of pyridine rings is 1. The van der Waals surface area contributed by atoms with Crippen molar-refractivity contribution in [2.45, 2.75) is 32.4 Å². The molecule has 3 rings (SSSR count). The summed E-state index contributed by atoms with van der Waals surface area (Å²) in [6.07, 6.45) is 5.26. The molecule has 1 amide bonds. The number of hydrogen-bond acceptors (Lipinski definition) is 5. The molecule has 7 nitrogen and oxygen atoms in total. The molecule has 22 heavy (non-hydrogen) atoms. The van der Waals surface area contributed by atoms with Crippen molar-refractivity contribution in [1.29, 1.82) is 0 Å². The van der Waals surface area contributed by atoms with Gasteiger partial charge in [-0.1, -0.05) is 0 Å². The van der Waals surface area contributed by atoms with E-state index in [0.717, 1.165) is 49.3 Å². The Balaban J connectivity index is 2.05. The van der Waals surface area contributed by atoms with Gasteiger partial charge < -0.3 is 15.4 Å². The van der Waals surface area contributed by atoms with E-state index in [0.29, 0.717) is 11.6 Å². The molecule has 0 saturated carbocycles. The van der Waals surface area contributed by atoms with Crippen LogP contribution in [0.2, 0.25) is 0 Å². The topological polar surface area (TPSA) is 81.1 Å². The van der Waals surface area contributed by atoms with Crippen LogP contribution in [0.25, 0.3) is 11.0 Å². The van der Waals surface area contributed by atoms with Gasteiger partial charge in [0.15, 0.2) is 5.65 Å². The molecular weight excluding hydrogens is 282 g/mol. The predicted molar refractivity (Wildman–Crippen MR) is 84.1 cm³/mol. The number of aryl methyl sites for hydroxylation is 1. The first-order chi connectivity index (χ1) is 10.7. The average Bonchev–Trinajstić information content (AvgIpc) is 2.99. The quantitative estimate of drug-likeness (QED) is 0.892. The van der Waals surface area contributed by atoms with Crippen molar-refractivity contribution in [3.8, 4) is 0 Å². The SMILES string of the molecule is CCn1ncc2c(NC3CCOCC3)c(C(=O)NC)cnc21. The lowest BCUT2D eigenvalue weighted by molar-refractivity contribution is 0.0904. The van der Waals surface area contributed by atoms with E-state index in [1.54, 1.807) is 19.4 Å². The average molecular weight is 303 g/mol. The van der Waals surface area contributed by atoms with Crippen LogP contribution in [0.3, 0.4) is 0 Å². The molecule has 1 aliphatic heterocycles. The number of fused-ring (bicyclic) bond motifs is 1. The Morgan fingerprint density at radius 3 is 2.86 bits per heavy atom. The molecule has 0 aliphatic carbocycles. The van der Waals surface area contributed by atoms with Crippen LogP contribution in [0.5, 0.6) is 0 Å². The van der Waals surface area contributed by atoms with Crippen LogP contribution in [0.15, 0.2) is 12.4 Å². The molecule has 2 aromatic heterocycles. The number of anilines is 1. The Hall–Kier alpha value is -2.15. The van der Waals surface area contributed by atoms with Crippen LogP contribution < -0.4 is 10.6 Å². The van der Waals surface area contributed by atoms with Gasteiger partial charge in [0.2, 0.25) is 0 Å². The zero-order valence-corrected chi connectivity index (χ0v) is 12.9. The van der Waals surface area contributed by atoms with Gasteiger partial charge in [-0.3, -0.25) is 4.79 Å². The lowest BCUT2D eigenvalue weighted by Crippen LogP contribution is -2.29. The zero-order valence-electron chi connectivity index (χ0n) is 12.9. The largest absolute Gasteiger partial charge is 0.381 e. The predicted octanol–water partition coefficient (Wildman–Crippen LogP) is 1.40. The number of carbonyl (C=O) groups excluding carboxylic acids is 1. The second kappa shape index (κ2) is 6.31. The molecule has 2 aromatic rings. The third-order valence-corrected chi connectivity index (χ3v) is 4.01. The highest BCUT2D eigenvalue weighted by Crippen LogP contribution is 2.28. The van der Waals surface area contributed by atoms with E-state index in [9.17, 15) is 4.79 Å². The summed E-state index contributed by atoms with van der Waals surface area (Å²) in [4.78, 5) is 16.6. The van der Waals surface area contributed by atoms with Gasteiger partial charge in [-0.25, -0.2) is 9.67 Å². The van der Waals surface area contributed by atoms with Crippen LogP contribution in [0.1, 0.15) is 30.1 Å². The fraction of sp³-hybridized carbons (Fsp3) is 0.533. The maximum Gasteiger partial charge on any atom is 0.254 e. The summed E-state index contributed by atoms with van der Waals surface area (Å²) >= 11 is 0. The molecular formula is C15H21N5O2. The molecule has 118 valence electrons. The van der Waals surface area contributed by atoms with Crippen LogP contribution in [-0.4, -0.2) is 47.0 Å². The Kier molecular flexibility index (Phi) is 4.24. The summed E-state index contributed by atoms with van der Waals surface area (Å²) in [5.74, 6) is -0.145. The molecule has 0 radical (unpaired) electrons. The van der Waals surface area contributed by atoms with Gasteiger partial charge in [0, 0.05) is 39.0 Å². The number of carbonyl (C=O) groups is 1. The summed E-state index contributed by atoms with van der Waals surface area (Å²) in [5.41, 5.74) is 2.16. The van der Waals surface area contributed by atoms with Gasteiger partial charge in [0.1, 0.15) is 0 Å². The molecule has 0 bridgehead atoms. The minimum Gasteiger partial charge on any atom is -0.381 e. The summed E-state index contributed by atoms with van der Waals surface area (Å²) in [6, 6.07) is 0.299. The summed E-state index contributed by atoms with van der Waals surface area (Å²) < 4.78 is 7.23. The van der Waals surface area contributed by atoms with E-state index in [4.69, 9.17) is 4.74 Å². The molecule has 0 atom stereocenters. The van der Waals surface area contributed by atoms with Crippen molar-refractivity contribution < 1.29 is 9.53 Å². The van der Waals surface area contributed by atoms with E-state index in [2.05, 4.69) is 20.7 Å². The number of aromatic nitrogens is 3.